The van der Waals surface area contributed by atoms with Crippen molar-refractivity contribution in [3.05, 3.63) is 34.3 Å². The molecule has 0 amide bonds. The zero-order valence-electron chi connectivity index (χ0n) is 10.6. The Hall–Kier alpha value is -0.180. The fraction of sp³-hybridized carbons (Fsp3) is 0.571. The Labute approximate surface area is 113 Å². The molecule has 0 heterocycles. The fourth-order valence-corrected chi connectivity index (χ4v) is 3.48. The van der Waals surface area contributed by atoms with Gasteiger partial charge in [0.2, 0.25) is 0 Å². The van der Waals surface area contributed by atoms with E-state index in [1.54, 1.807) is 0 Å². The maximum absolute atomic E-state index is 5.95. The standard InChI is InChI=1S/C14H20ClNS/c1-11-8-13(15)5-4-12(11)9-16-10-14(17-2)6-3-7-14/h4-5,8,16H,3,6-7,9-10H2,1-2H3. The number of hydrogen-bond donors (Lipinski definition) is 1. The van der Waals surface area contributed by atoms with Gasteiger partial charge in [0.05, 0.1) is 0 Å². The monoisotopic (exact) mass is 269 g/mol. The van der Waals surface area contributed by atoms with Crippen LogP contribution in [0.4, 0.5) is 0 Å². The van der Waals surface area contributed by atoms with Crippen LogP contribution in [0.2, 0.25) is 5.02 Å². The molecule has 94 valence electrons. The maximum Gasteiger partial charge on any atom is 0.0408 e. The Morgan fingerprint density at radius 3 is 2.71 bits per heavy atom. The van der Waals surface area contributed by atoms with E-state index in [4.69, 9.17) is 11.6 Å². The van der Waals surface area contributed by atoms with Gasteiger partial charge in [0.1, 0.15) is 0 Å². The zero-order chi connectivity index (χ0) is 12.3. The average molecular weight is 270 g/mol. The Balaban J connectivity index is 1.85. The summed E-state index contributed by atoms with van der Waals surface area (Å²) in [7, 11) is 0. The number of rotatable bonds is 5. The van der Waals surface area contributed by atoms with Crippen molar-refractivity contribution in [2.75, 3.05) is 12.8 Å². The molecule has 1 saturated carbocycles. The van der Waals surface area contributed by atoms with Crippen LogP contribution in [0.15, 0.2) is 18.2 Å². The van der Waals surface area contributed by atoms with Gasteiger partial charge in [-0.05, 0) is 49.3 Å². The van der Waals surface area contributed by atoms with E-state index in [-0.39, 0.29) is 0 Å². The van der Waals surface area contributed by atoms with Crippen LogP contribution in [0.3, 0.4) is 0 Å². The lowest BCUT2D eigenvalue weighted by atomic mass is 9.84. The highest BCUT2D eigenvalue weighted by atomic mass is 35.5. The lowest BCUT2D eigenvalue weighted by Crippen LogP contribution is -2.43. The van der Waals surface area contributed by atoms with Gasteiger partial charge >= 0.3 is 0 Å². The van der Waals surface area contributed by atoms with Crippen molar-refractivity contribution < 1.29 is 0 Å². The van der Waals surface area contributed by atoms with Gasteiger partial charge in [-0.1, -0.05) is 24.1 Å². The summed E-state index contributed by atoms with van der Waals surface area (Å²) in [6.45, 7) is 4.19. The van der Waals surface area contributed by atoms with Crippen molar-refractivity contribution >= 4 is 23.4 Å². The minimum atomic E-state index is 0.514. The average Bonchev–Trinajstić information content (AvgIpc) is 2.25. The Bertz CT molecular complexity index is 382. The first-order chi connectivity index (χ1) is 8.15. The first-order valence-corrected chi connectivity index (χ1v) is 7.76. The van der Waals surface area contributed by atoms with Crippen LogP contribution in [-0.4, -0.2) is 17.5 Å². The molecule has 0 aliphatic heterocycles. The summed E-state index contributed by atoms with van der Waals surface area (Å²) >= 11 is 7.97. The van der Waals surface area contributed by atoms with Gasteiger partial charge in [0.15, 0.2) is 0 Å². The number of thioether (sulfide) groups is 1. The van der Waals surface area contributed by atoms with Crippen molar-refractivity contribution in [3.63, 3.8) is 0 Å². The molecular weight excluding hydrogens is 250 g/mol. The van der Waals surface area contributed by atoms with Crippen molar-refractivity contribution in [1.29, 1.82) is 0 Å². The predicted octanol–water partition coefficient (Wildman–Crippen LogP) is 4.02. The second-order valence-corrected chi connectivity index (χ2v) is 6.63. The number of benzene rings is 1. The number of aryl methyl sites for hydroxylation is 1. The summed E-state index contributed by atoms with van der Waals surface area (Å²) < 4.78 is 0.514. The molecule has 1 aromatic carbocycles. The third kappa shape index (κ3) is 3.18. The van der Waals surface area contributed by atoms with Gasteiger partial charge in [-0.3, -0.25) is 0 Å². The third-order valence-corrected chi connectivity index (χ3v) is 5.42. The van der Waals surface area contributed by atoms with E-state index in [0.717, 1.165) is 18.1 Å². The molecule has 3 heteroatoms. The molecule has 17 heavy (non-hydrogen) atoms. The molecule has 1 aromatic rings. The molecule has 1 N–H and O–H groups in total. The van der Waals surface area contributed by atoms with Gasteiger partial charge in [-0.2, -0.15) is 11.8 Å². The van der Waals surface area contributed by atoms with Crippen LogP contribution < -0.4 is 5.32 Å². The van der Waals surface area contributed by atoms with Crippen LogP contribution >= 0.6 is 23.4 Å². The quantitative estimate of drug-likeness (QED) is 0.866. The van der Waals surface area contributed by atoms with Gasteiger partial charge in [-0.15, -0.1) is 0 Å². The Morgan fingerprint density at radius 1 is 1.41 bits per heavy atom. The molecule has 1 nitrogen and oxygen atoms in total. The van der Waals surface area contributed by atoms with E-state index in [0.29, 0.717) is 4.75 Å². The van der Waals surface area contributed by atoms with Crippen LogP contribution in [0.5, 0.6) is 0 Å². The Morgan fingerprint density at radius 2 is 2.18 bits per heavy atom. The second-order valence-electron chi connectivity index (χ2n) is 4.92. The smallest absolute Gasteiger partial charge is 0.0408 e. The highest BCUT2D eigenvalue weighted by Gasteiger charge is 2.35. The molecule has 1 aliphatic carbocycles. The summed E-state index contributed by atoms with van der Waals surface area (Å²) in [4.78, 5) is 0. The molecule has 0 unspecified atom stereocenters. The number of halogens is 1. The molecule has 2 rings (SSSR count). The summed E-state index contributed by atoms with van der Waals surface area (Å²) in [5.74, 6) is 0. The predicted molar refractivity (Wildman–Crippen MR) is 78.0 cm³/mol. The van der Waals surface area contributed by atoms with Gasteiger partial charge < -0.3 is 5.32 Å². The minimum Gasteiger partial charge on any atom is -0.311 e. The molecular formula is C14H20ClNS. The van der Waals surface area contributed by atoms with Gasteiger partial charge in [0, 0.05) is 22.9 Å². The highest BCUT2D eigenvalue weighted by molar-refractivity contribution is 8.00. The topological polar surface area (TPSA) is 12.0 Å². The largest absolute Gasteiger partial charge is 0.311 e. The lowest BCUT2D eigenvalue weighted by molar-refractivity contribution is 0.345. The van der Waals surface area contributed by atoms with E-state index in [1.165, 1.54) is 30.4 Å². The zero-order valence-corrected chi connectivity index (χ0v) is 12.1. The molecule has 1 aliphatic rings. The van der Waals surface area contributed by atoms with E-state index in [1.807, 2.05) is 23.9 Å². The van der Waals surface area contributed by atoms with E-state index in [9.17, 15) is 0 Å². The maximum atomic E-state index is 5.95. The van der Waals surface area contributed by atoms with Gasteiger partial charge in [-0.25, -0.2) is 0 Å². The molecule has 1 fully saturated rings. The molecule has 0 atom stereocenters. The first kappa shape index (κ1) is 13.3. The molecule has 0 bridgehead atoms. The van der Waals surface area contributed by atoms with E-state index in [2.05, 4.69) is 24.6 Å². The van der Waals surface area contributed by atoms with Gasteiger partial charge in [0.25, 0.3) is 0 Å². The summed E-state index contributed by atoms with van der Waals surface area (Å²) in [5.41, 5.74) is 2.63. The lowest BCUT2D eigenvalue weighted by Gasteiger charge is -2.40. The Kier molecular flexibility index (Phi) is 4.40. The summed E-state index contributed by atoms with van der Waals surface area (Å²) in [5, 5.41) is 4.42. The van der Waals surface area contributed by atoms with Crippen molar-refractivity contribution in [2.24, 2.45) is 0 Å². The molecule has 0 spiro atoms. The number of hydrogen-bond acceptors (Lipinski definition) is 2. The molecule has 0 aromatic heterocycles. The molecule has 0 radical (unpaired) electrons. The minimum absolute atomic E-state index is 0.514. The highest BCUT2D eigenvalue weighted by Crippen LogP contribution is 2.42. The summed E-state index contributed by atoms with van der Waals surface area (Å²) in [6, 6.07) is 6.13. The van der Waals surface area contributed by atoms with E-state index < -0.39 is 0 Å². The third-order valence-electron chi connectivity index (χ3n) is 3.77. The normalized spacial score (nSPS) is 17.8. The SMILES string of the molecule is CSC1(CNCc2ccc(Cl)cc2C)CCC1. The molecule has 0 saturated heterocycles. The van der Waals surface area contributed by atoms with Crippen LogP contribution in [0.1, 0.15) is 30.4 Å². The second kappa shape index (κ2) is 5.64. The van der Waals surface area contributed by atoms with Crippen LogP contribution in [-0.2, 0) is 6.54 Å². The number of nitrogens with one attached hydrogen (secondary N) is 1. The fourth-order valence-electron chi connectivity index (χ4n) is 2.31. The van der Waals surface area contributed by atoms with Crippen molar-refractivity contribution in [2.45, 2.75) is 37.5 Å². The first-order valence-electron chi connectivity index (χ1n) is 6.16. The van der Waals surface area contributed by atoms with Crippen molar-refractivity contribution in [3.8, 4) is 0 Å². The van der Waals surface area contributed by atoms with E-state index >= 15 is 0 Å². The summed E-state index contributed by atoms with van der Waals surface area (Å²) in [6.07, 6.45) is 6.35. The van der Waals surface area contributed by atoms with Crippen LogP contribution in [0.25, 0.3) is 0 Å². The van der Waals surface area contributed by atoms with Crippen LogP contribution in [0, 0.1) is 6.92 Å². The van der Waals surface area contributed by atoms with Crippen molar-refractivity contribution in [1.82, 2.24) is 5.32 Å².